The summed E-state index contributed by atoms with van der Waals surface area (Å²) >= 11 is 8.83. The Morgan fingerprint density at radius 1 is 1.50 bits per heavy atom. The second-order valence-electron chi connectivity index (χ2n) is 2.32. The van der Waals surface area contributed by atoms with Gasteiger partial charge >= 0.3 is 0 Å². The van der Waals surface area contributed by atoms with Crippen molar-refractivity contribution in [3.63, 3.8) is 0 Å². The second-order valence-corrected chi connectivity index (χ2v) is 4.26. The zero-order chi connectivity index (χ0) is 8.39. The van der Waals surface area contributed by atoms with E-state index in [1.807, 2.05) is 6.07 Å². The van der Waals surface area contributed by atoms with Crippen LogP contribution in [0.2, 0.25) is 0 Å². The molecule has 0 atom stereocenters. The van der Waals surface area contributed by atoms with Crippen molar-refractivity contribution in [2.75, 3.05) is 0 Å². The van der Waals surface area contributed by atoms with Crippen molar-refractivity contribution < 1.29 is 0 Å². The Bertz CT molecular complexity index is 353. The first-order valence-corrected chi connectivity index (χ1v) is 5.69. The van der Waals surface area contributed by atoms with E-state index in [2.05, 4.69) is 21.2 Å². The quantitative estimate of drug-likeness (QED) is 0.698. The summed E-state index contributed by atoms with van der Waals surface area (Å²) in [6.45, 7) is 0. The van der Waals surface area contributed by atoms with Crippen LogP contribution in [0.1, 0.15) is 4.88 Å². The van der Waals surface area contributed by atoms with Crippen molar-refractivity contribution in [1.29, 1.82) is 0 Å². The largest absolute Gasteiger partial charge is 0.192 e. The van der Waals surface area contributed by atoms with E-state index in [1.54, 1.807) is 11.3 Å². The van der Waals surface area contributed by atoms with E-state index >= 15 is 0 Å². The third-order valence-corrected chi connectivity index (χ3v) is 3.42. The predicted molar refractivity (Wildman–Crippen MR) is 55.0 cm³/mol. The molecule has 0 fully saturated rings. The fraction of sp³-hybridized carbons (Fsp3) is 0.125. The van der Waals surface area contributed by atoms with Gasteiger partial charge in [0.2, 0.25) is 0 Å². The molecule has 0 saturated carbocycles. The number of alkyl halides is 1. The second kappa shape index (κ2) is 3.56. The molecular weight excluding hydrogens is 210 g/mol. The lowest BCUT2D eigenvalue weighted by molar-refractivity contribution is 1.51. The van der Waals surface area contributed by atoms with Crippen LogP contribution < -0.4 is 0 Å². The average Bonchev–Trinajstić information content (AvgIpc) is 2.75. The van der Waals surface area contributed by atoms with Gasteiger partial charge in [0.1, 0.15) is 0 Å². The SMILES string of the molecule is ClCc1cc(-c2ccsc2)ns1. The van der Waals surface area contributed by atoms with Crippen LogP contribution in [-0.2, 0) is 5.88 Å². The van der Waals surface area contributed by atoms with Crippen molar-refractivity contribution in [2.24, 2.45) is 0 Å². The van der Waals surface area contributed by atoms with Gasteiger partial charge in [-0.15, -0.1) is 11.6 Å². The molecule has 0 spiro atoms. The summed E-state index contributed by atoms with van der Waals surface area (Å²) in [4.78, 5) is 1.12. The first-order valence-electron chi connectivity index (χ1n) is 3.44. The highest BCUT2D eigenvalue weighted by Crippen LogP contribution is 2.24. The molecule has 0 aliphatic rings. The molecule has 0 aliphatic carbocycles. The number of rotatable bonds is 2. The minimum atomic E-state index is 0.557. The van der Waals surface area contributed by atoms with Gasteiger partial charge in [0, 0.05) is 15.8 Å². The lowest BCUT2D eigenvalue weighted by atomic mass is 10.2. The molecule has 0 saturated heterocycles. The molecule has 2 aromatic rings. The highest BCUT2D eigenvalue weighted by atomic mass is 35.5. The molecule has 0 unspecified atom stereocenters. The van der Waals surface area contributed by atoms with Crippen LogP contribution in [0, 0.1) is 0 Å². The molecule has 2 aromatic heterocycles. The number of aromatic nitrogens is 1. The fourth-order valence-electron chi connectivity index (χ4n) is 0.922. The standard InChI is InChI=1S/C8H6ClNS2/c9-4-7-3-8(10-12-7)6-1-2-11-5-6/h1-3,5H,4H2. The van der Waals surface area contributed by atoms with Crippen molar-refractivity contribution in [3.8, 4) is 11.3 Å². The van der Waals surface area contributed by atoms with Gasteiger partial charge in [-0.2, -0.15) is 15.7 Å². The normalized spacial score (nSPS) is 10.4. The predicted octanol–water partition coefficient (Wildman–Crippen LogP) is 3.61. The highest BCUT2D eigenvalue weighted by Gasteiger charge is 2.02. The molecule has 62 valence electrons. The maximum atomic E-state index is 5.67. The average molecular weight is 216 g/mol. The van der Waals surface area contributed by atoms with E-state index in [0.29, 0.717) is 5.88 Å². The van der Waals surface area contributed by atoms with Gasteiger partial charge in [0.15, 0.2) is 0 Å². The van der Waals surface area contributed by atoms with E-state index in [4.69, 9.17) is 11.6 Å². The monoisotopic (exact) mass is 215 g/mol. The van der Waals surface area contributed by atoms with E-state index < -0.39 is 0 Å². The van der Waals surface area contributed by atoms with Crippen LogP contribution in [0.4, 0.5) is 0 Å². The molecule has 0 aromatic carbocycles. The maximum Gasteiger partial charge on any atom is 0.0852 e. The third-order valence-electron chi connectivity index (χ3n) is 1.51. The van der Waals surface area contributed by atoms with E-state index in [0.717, 1.165) is 10.6 Å². The Morgan fingerprint density at radius 3 is 3.00 bits per heavy atom. The summed E-state index contributed by atoms with van der Waals surface area (Å²) in [5.74, 6) is 0.557. The van der Waals surface area contributed by atoms with E-state index in [-0.39, 0.29) is 0 Å². The van der Waals surface area contributed by atoms with Gasteiger partial charge in [0.05, 0.1) is 11.6 Å². The number of hydrogen-bond donors (Lipinski definition) is 0. The van der Waals surface area contributed by atoms with Crippen LogP contribution in [0.5, 0.6) is 0 Å². The van der Waals surface area contributed by atoms with E-state index in [1.165, 1.54) is 17.1 Å². The summed E-state index contributed by atoms with van der Waals surface area (Å²) in [5, 5.41) is 4.14. The Morgan fingerprint density at radius 2 is 2.42 bits per heavy atom. The molecule has 0 radical (unpaired) electrons. The van der Waals surface area contributed by atoms with Crippen LogP contribution in [0.25, 0.3) is 11.3 Å². The summed E-state index contributed by atoms with van der Waals surface area (Å²) in [7, 11) is 0. The van der Waals surface area contributed by atoms with E-state index in [9.17, 15) is 0 Å². The van der Waals surface area contributed by atoms with Gasteiger partial charge in [-0.1, -0.05) is 0 Å². The number of thiophene rings is 1. The molecule has 0 N–H and O–H groups in total. The van der Waals surface area contributed by atoms with Crippen molar-refractivity contribution in [2.45, 2.75) is 5.88 Å². The lowest BCUT2D eigenvalue weighted by Crippen LogP contribution is -1.68. The highest BCUT2D eigenvalue weighted by molar-refractivity contribution is 7.08. The first kappa shape index (κ1) is 8.23. The third kappa shape index (κ3) is 1.53. The summed E-state index contributed by atoms with van der Waals surface area (Å²) in [6.07, 6.45) is 0. The number of halogens is 1. The summed E-state index contributed by atoms with van der Waals surface area (Å²) < 4.78 is 4.29. The minimum Gasteiger partial charge on any atom is -0.192 e. The van der Waals surface area contributed by atoms with Crippen LogP contribution >= 0.6 is 34.5 Å². The fourth-order valence-corrected chi connectivity index (χ4v) is 2.38. The van der Waals surface area contributed by atoms with Gasteiger partial charge in [-0.05, 0) is 29.0 Å². The molecule has 2 rings (SSSR count). The maximum absolute atomic E-state index is 5.67. The van der Waals surface area contributed by atoms with Crippen molar-refractivity contribution in [1.82, 2.24) is 4.37 Å². The summed E-state index contributed by atoms with van der Waals surface area (Å²) in [5.41, 5.74) is 2.23. The Labute approximate surface area is 83.8 Å². The molecule has 0 bridgehead atoms. The topological polar surface area (TPSA) is 12.9 Å². The Kier molecular flexibility index (Phi) is 2.44. The number of nitrogens with zero attached hydrogens (tertiary/aromatic N) is 1. The Hall–Kier alpha value is -0.380. The van der Waals surface area contributed by atoms with Gasteiger partial charge in [-0.25, -0.2) is 0 Å². The molecular formula is C8H6ClNS2. The minimum absolute atomic E-state index is 0.557. The van der Waals surface area contributed by atoms with Crippen LogP contribution in [0.3, 0.4) is 0 Å². The molecule has 0 amide bonds. The number of hydrogen-bond acceptors (Lipinski definition) is 3. The van der Waals surface area contributed by atoms with Gasteiger partial charge < -0.3 is 0 Å². The molecule has 2 heterocycles. The smallest absolute Gasteiger partial charge is 0.0852 e. The molecule has 12 heavy (non-hydrogen) atoms. The van der Waals surface area contributed by atoms with Crippen LogP contribution in [0.15, 0.2) is 22.9 Å². The zero-order valence-corrected chi connectivity index (χ0v) is 8.55. The lowest BCUT2D eigenvalue weighted by Gasteiger charge is -1.85. The van der Waals surface area contributed by atoms with Gasteiger partial charge in [0.25, 0.3) is 0 Å². The molecule has 0 aliphatic heterocycles. The molecule has 1 nitrogen and oxygen atoms in total. The van der Waals surface area contributed by atoms with Crippen LogP contribution in [-0.4, -0.2) is 4.37 Å². The first-order chi connectivity index (χ1) is 5.90. The van der Waals surface area contributed by atoms with Crippen molar-refractivity contribution >= 4 is 34.5 Å². The summed E-state index contributed by atoms with van der Waals surface area (Å²) in [6, 6.07) is 4.11. The zero-order valence-electron chi connectivity index (χ0n) is 6.16. The van der Waals surface area contributed by atoms with Crippen molar-refractivity contribution in [3.05, 3.63) is 27.8 Å². The molecule has 4 heteroatoms. The Balaban J connectivity index is 2.35. The van der Waals surface area contributed by atoms with Gasteiger partial charge in [-0.3, -0.25) is 0 Å².